The van der Waals surface area contributed by atoms with E-state index in [4.69, 9.17) is 9.47 Å². The molecule has 140 valence electrons. The van der Waals surface area contributed by atoms with Crippen LogP contribution >= 0.6 is 0 Å². The Morgan fingerprint density at radius 2 is 2.16 bits per heavy atom. The summed E-state index contributed by atoms with van der Waals surface area (Å²) < 4.78 is 10.5. The van der Waals surface area contributed by atoms with Gasteiger partial charge in [0.15, 0.2) is 0 Å². The minimum atomic E-state index is 0.145. The molecule has 0 aliphatic carbocycles. The van der Waals surface area contributed by atoms with Crippen LogP contribution in [-0.4, -0.2) is 55.3 Å². The number of amides is 1. The Hall–Kier alpha value is -1.89. The Morgan fingerprint density at radius 1 is 1.40 bits per heavy atom. The fraction of sp³-hybridized carbons (Fsp3) is 0.722. The first-order valence-electron chi connectivity index (χ1n) is 9.08. The molecule has 1 saturated heterocycles. The van der Waals surface area contributed by atoms with Gasteiger partial charge in [0.1, 0.15) is 5.82 Å². The number of aromatic nitrogens is 2. The average molecular weight is 350 g/mol. The molecule has 25 heavy (non-hydrogen) atoms. The molecule has 0 atom stereocenters. The van der Waals surface area contributed by atoms with Crippen LogP contribution in [0.15, 0.2) is 12.3 Å². The van der Waals surface area contributed by atoms with Crippen molar-refractivity contribution >= 4 is 11.7 Å². The number of piperidine rings is 1. The third-order valence-corrected chi connectivity index (χ3v) is 4.31. The predicted molar refractivity (Wildman–Crippen MR) is 96.9 cm³/mol. The van der Waals surface area contributed by atoms with Gasteiger partial charge < -0.3 is 19.7 Å². The highest BCUT2D eigenvalue weighted by atomic mass is 16.5. The number of hydrogen-bond acceptors (Lipinski definition) is 6. The van der Waals surface area contributed by atoms with Crippen LogP contribution in [0.3, 0.4) is 0 Å². The standard InChI is InChI=1S/C18H30N4O3/c1-14(2)25-12-4-8-19-17(23)13-15-6-10-22(11-7-15)16-5-9-20-18(21-16)24-3/h5,9,14-15H,4,6-8,10-13H2,1-3H3,(H,19,23). The molecule has 0 aromatic carbocycles. The highest BCUT2D eigenvalue weighted by Gasteiger charge is 2.22. The summed E-state index contributed by atoms with van der Waals surface area (Å²) in [4.78, 5) is 22.7. The fourth-order valence-electron chi connectivity index (χ4n) is 2.93. The lowest BCUT2D eigenvalue weighted by molar-refractivity contribution is -0.122. The largest absolute Gasteiger partial charge is 0.467 e. The number of ether oxygens (including phenoxy) is 2. The van der Waals surface area contributed by atoms with Crippen LogP contribution in [0.2, 0.25) is 0 Å². The Balaban J connectivity index is 1.65. The van der Waals surface area contributed by atoms with Gasteiger partial charge in [-0.2, -0.15) is 4.98 Å². The van der Waals surface area contributed by atoms with Crippen molar-refractivity contribution in [3.05, 3.63) is 12.3 Å². The summed E-state index contributed by atoms with van der Waals surface area (Å²) in [7, 11) is 1.57. The smallest absolute Gasteiger partial charge is 0.318 e. The van der Waals surface area contributed by atoms with E-state index < -0.39 is 0 Å². The molecule has 1 aromatic heterocycles. The van der Waals surface area contributed by atoms with Crippen LogP contribution in [-0.2, 0) is 9.53 Å². The first-order chi connectivity index (χ1) is 12.1. The van der Waals surface area contributed by atoms with Crippen molar-refractivity contribution in [3.63, 3.8) is 0 Å². The van der Waals surface area contributed by atoms with Crippen LogP contribution in [0, 0.1) is 5.92 Å². The summed E-state index contributed by atoms with van der Waals surface area (Å²) in [5.74, 6) is 1.47. The van der Waals surface area contributed by atoms with E-state index in [1.54, 1.807) is 13.3 Å². The normalized spacial score (nSPS) is 15.4. The number of rotatable bonds is 9. The maximum absolute atomic E-state index is 12.0. The Morgan fingerprint density at radius 3 is 2.84 bits per heavy atom. The second-order valence-corrected chi connectivity index (χ2v) is 6.66. The van der Waals surface area contributed by atoms with Crippen LogP contribution in [0.25, 0.3) is 0 Å². The molecule has 0 radical (unpaired) electrons. The molecule has 1 aromatic rings. The van der Waals surface area contributed by atoms with E-state index in [0.717, 1.165) is 38.2 Å². The van der Waals surface area contributed by atoms with E-state index >= 15 is 0 Å². The van der Waals surface area contributed by atoms with Gasteiger partial charge >= 0.3 is 6.01 Å². The molecule has 1 fully saturated rings. The molecule has 2 heterocycles. The molecule has 0 spiro atoms. The third kappa shape index (κ3) is 6.86. The Labute approximate surface area is 150 Å². The number of carbonyl (C=O) groups excluding carboxylic acids is 1. The summed E-state index contributed by atoms with van der Waals surface area (Å²) in [6, 6.07) is 2.29. The van der Waals surface area contributed by atoms with Crippen LogP contribution in [0.4, 0.5) is 5.82 Å². The van der Waals surface area contributed by atoms with Crippen molar-refractivity contribution in [2.75, 3.05) is 38.3 Å². The molecular formula is C18H30N4O3. The maximum Gasteiger partial charge on any atom is 0.318 e. The number of hydrogen-bond donors (Lipinski definition) is 1. The van der Waals surface area contributed by atoms with Crippen LogP contribution in [0.5, 0.6) is 6.01 Å². The first kappa shape index (κ1) is 19.4. The van der Waals surface area contributed by atoms with Crippen molar-refractivity contribution in [1.29, 1.82) is 0 Å². The maximum atomic E-state index is 12.0. The molecule has 0 bridgehead atoms. The summed E-state index contributed by atoms with van der Waals surface area (Å²) in [5, 5.41) is 2.99. The number of nitrogens with one attached hydrogen (secondary N) is 1. The molecular weight excluding hydrogens is 320 g/mol. The monoisotopic (exact) mass is 350 g/mol. The molecule has 1 aliphatic rings. The SMILES string of the molecule is COc1nccc(N2CCC(CC(=O)NCCCOC(C)C)CC2)n1. The lowest BCUT2D eigenvalue weighted by atomic mass is 9.93. The average Bonchev–Trinajstić information content (AvgIpc) is 2.62. The summed E-state index contributed by atoms with van der Waals surface area (Å²) in [5.41, 5.74) is 0. The first-order valence-corrected chi connectivity index (χ1v) is 9.08. The second-order valence-electron chi connectivity index (χ2n) is 6.66. The Kier molecular flexibility index (Phi) is 7.91. The van der Waals surface area contributed by atoms with Crippen molar-refractivity contribution in [3.8, 4) is 6.01 Å². The number of carbonyl (C=O) groups is 1. The summed E-state index contributed by atoms with van der Waals surface area (Å²) >= 11 is 0. The van der Waals surface area contributed by atoms with Crippen molar-refractivity contribution in [2.24, 2.45) is 5.92 Å². The lowest BCUT2D eigenvalue weighted by Gasteiger charge is -2.32. The zero-order valence-electron chi connectivity index (χ0n) is 15.5. The molecule has 7 nitrogen and oxygen atoms in total. The van der Waals surface area contributed by atoms with Gasteiger partial charge in [-0.25, -0.2) is 4.98 Å². The van der Waals surface area contributed by atoms with Gasteiger partial charge in [-0.05, 0) is 45.1 Å². The molecule has 1 aliphatic heterocycles. The Bertz CT molecular complexity index is 531. The molecule has 0 unspecified atom stereocenters. The molecule has 1 N–H and O–H groups in total. The van der Waals surface area contributed by atoms with Crippen LogP contribution < -0.4 is 15.0 Å². The highest BCUT2D eigenvalue weighted by molar-refractivity contribution is 5.76. The van der Waals surface area contributed by atoms with Gasteiger partial charge in [0, 0.05) is 38.9 Å². The van der Waals surface area contributed by atoms with Crippen molar-refractivity contribution in [1.82, 2.24) is 15.3 Å². The number of anilines is 1. The van der Waals surface area contributed by atoms with Gasteiger partial charge in [-0.1, -0.05) is 0 Å². The lowest BCUT2D eigenvalue weighted by Crippen LogP contribution is -2.36. The van der Waals surface area contributed by atoms with Gasteiger partial charge in [-0.3, -0.25) is 4.79 Å². The third-order valence-electron chi connectivity index (χ3n) is 4.31. The number of nitrogens with zero attached hydrogens (tertiary/aromatic N) is 3. The number of methoxy groups -OCH3 is 1. The quantitative estimate of drug-likeness (QED) is 0.687. The van der Waals surface area contributed by atoms with E-state index in [-0.39, 0.29) is 12.0 Å². The fourth-order valence-corrected chi connectivity index (χ4v) is 2.93. The van der Waals surface area contributed by atoms with Gasteiger partial charge in [0.25, 0.3) is 0 Å². The molecule has 1 amide bonds. The van der Waals surface area contributed by atoms with Gasteiger partial charge in [0.05, 0.1) is 13.2 Å². The highest BCUT2D eigenvalue weighted by Crippen LogP contribution is 2.24. The summed E-state index contributed by atoms with van der Waals surface area (Å²) in [6.45, 7) is 7.22. The second kappa shape index (κ2) is 10.2. The zero-order valence-corrected chi connectivity index (χ0v) is 15.5. The van der Waals surface area contributed by atoms with E-state index in [0.29, 0.717) is 31.5 Å². The van der Waals surface area contributed by atoms with E-state index in [1.807, 2.05) is 19.9 Å². The minimum absolute atomic E-state index is 0.145. The minimum Gasteiger partial charge on any atom is -0.467 e. The molecule has 2 rings (SSSR count). The van der Waals surface area contributed by atoms with Crippen molar-refractivity contribution < 1.29 is 14.3 Å². The van der Waals surface area contributed by atoms with E-state index in [9.17, 15) is 4.79 Å². The molecule has 0 saturated carbocycles. The van der Waals surface area contributed by atoms with E-state index in [1.165, 1.54) is 0 Å². The predicted octanol–water partition coefficient (Wildman–Crippen LogP) is 2.02. The topological polar surface area (TPSA) is 76.6 Å². The molecule has 7 heteroatoms. The zero-order chi connectivity index (χ0) is 18.1. The van der Waals surface area contributed by atoms with Crippen LogP contribution in [0.1, 0.15) is 39.5 Å². The van der Waals surface area contributed by atoms with Gasteiger partial charge in [0.2, 0.25) is 5.91 Å². The van der Waals surface area contributed by atoms with E-state index in [2.05, 4.69) is 20.2 Å². The van der Waals surface area contributed by atoms with Crippen molar-refractivity contribution in [2.45, 2.75) is 45.6 Å². The van der Waals surface area contributed by atoms with Gasteiger partial charge in [-0.15, -0.1) is 0 Å². The summed E-state index contributed by atoms with van der Waals surface area (Å²) in [6.07, 6.45) is 5.41.